The summed E-state index contributed by atoms with van der Waals surface area (Å²) in [6.45, 7) is 0. The van der Waals surface area contributed by atoms with Crippen LogP contribution in [0, 0.1) is 0 Å². The van der Waals surface area contributed by atoms with Crippen molar-refractivity contribution >= 4 is 43.0 Å². The number of aromatic amines is 1. The van der Waals surface area contributed by atoms with Crippen LogP contribution >= 0.6 is 31.9 Å². The Bertz CT molecular complexity index is 660. The first-order valence-corrected chi connectivity index (χ1v) is 6.44. The molecule has 0 aliphatic carbocycles. The molecular weight excluding hydrogens is 348 g/mol. The zero-order chi connectivity index (χ0) is 11.8. The average molecular weight is 354 g/mol. The highest BCUT2D eigenvalue weighted by Gasteiger charge is 2.09. The Morgan fingerprint density at radius 1 is 1.18 bits per heavy atom. The van der Waals surface area contributed by atoms with Crippen LogP contribution in [0.1, 0.15) is 0 Å². The third kappa shape index (κ3) is 1.98. The van der Waals surface area contributed by atoms with Gasteiger partial charge in [0.25, 0.3) is 0 Å². The van der Waals surface area contributed by atoms with Crippen molar-refractivity contribution in [3.05, 3.63) is 39.7 Å². The normalized spacial score (nSPS) is 10.9. The fourth-order valence-corrected chi connectivity index (χ4v) is 2.81. The van der Waals surface area contributed by atoms with E-state index in [1.165, 1.54) is 6.33 Å². The molecule has 3 aromatic rings. The largest absolute Gasteiger partial charge is 0.335 e. The second kappa shape index (κ2) is 4.19. The van der Waals surface area contributed by atoms with E-state index < -0.39 is 0 Å². The van der Waals surface area contributed by atoms with Gasteiger partial charge in [-0.05, 0) is 34.1 Å². The summed E-state index contributed by atoms with van der Waals surface area (Å²) in [5.41, 5.74) is 2.49. The van der Waals surface area contributed by atoms with Crippen LogP contribution in [0.3, 0.4) is 0 Å². The highest BCUT2D eigenvalue weighted by atomic mass is 79.9. The molecule has 0 saturated carbocycles. The molecule has 2 aromatic heterocycles. The molecule has 0 fully saturated rings. The summed E-state index contributed by atoms with van der Waals surface area (Å²) >= 11 is 6.94. The Morgan fingerprint density at radius 3 is 2.82 bits per heavy atom. The quantitative estimate of drug-likeness (QED) is 0.727. The Morgan fingerprint density at radius 2 is 2.06 bits per heavy atom. The molecule has 3 rings (SSSR count). The number of nitrogens with one attached hydrogen (secondary N) is 1. The van der Waals surface area contributed by atoms with Gasteiger partial charge in [-0.1, -0.05) is 15.9 Å². The zero-order valence-electron chi connectivity index (χ0n) is 8.48. The Balaban J connectivity index is 2.20. The molecule has 4 nitrogen and oxygen atoms in total. The number of rotatable bonds is 1. The maximum absolute atomic E-state index is 4.42. The molecule has 1 N–H and O–H groups in total. The summed E-state index contributed by atoms with van der Waals surface area (Å²) < 4.78 is 1.99. The second-order valence-corrected chi connectivity index (χ2v) is 5.24. The lowest BCUT2D eigenvalue weighted by molar-refractivity contribution is 1.20. The number of halogens is 2. The molecule has 0 unspecified atom stereocenters. The van der Waals surface area contributed by atoms with Gasteiger partial charge in [-0.2, -0.15) is 0 Å². The summed E-state index contributed by atoms with van der Waals surface area (Å²) in [5.74, 6) is 0.778. The van der Waals surface area contributed by atoms with Gasteiger partial charge in [-0.3, -0.25) is 0 Å². The molecule has 2 heterocycles. The van der Waals surface area contributed by atoms with Gasteiger partial charge >= 0.3 is 0 Å². The maximum atomic E-state index is 4.42. The number of hydrogen-bond acceptors (Lipinski definition) is 3. The first-order valence-electron chi connectivity index (χ1n) is 4.85. The first kappa shape index (κ1) is 10.9. The van der Waals surface area contributed by atoms with Crippen molar-refractivity contribution < 1.29 is 0 Å². The molecule has 84 valence electrons. The topological polar surface area (TPSA) is 54.5 Å². The molecule has 0 radical (unpaired) electrons. The number of fused-ring (bicyclic) bond motifs is 1. The van der Waals surface area contributed by atoms with E-state index in [1.807, 2.05) is 18.2 Å². The number of nitrogens with zero attached hydrogens (tertiary/aromatic N) is 3. The third-order valence-electron chi connectivity index (χ3n) is 2.35. The number of benzene rings is 1. The molecule has 0 atom stereocenters. The van der Waals surface area contributed by atoms with Crippen molar-refractivity contribution in [2.75, 3.05) is 0 Å². The summed E-state index contributed by atoms with van der Waals surface area (Å²) in [7, 11) is 0. The minimum absolute atomic E-state index is 0.671. The van der Waals surface area contributed by atoms with Crippen molar-refractivity contribution in [1.82, 2.24) is 19.9 Å². The summed E-state index contributed by atoms with van der Waals surface area (Å²) in [5, 5.41) is 0. The van der Waals surface area contributed by atoms with Crippen molar-refractivity contribution in [2.24, 2.45) is 0 Å². The van der Waals surface area contributed by atoms with Crippen molar-refractivity contribution in [3.63, 3.8) is 0 Å². The highest BCUT2D eigenvalue weighted by molar-refractivity contribution is 9.11. The lowest BCUT2D eigenvalue weighted by atomic mass is 10.2. The fraction of sp³-hybridized carbons (Fsp3) is 0. The average Bonchev–Trinajstić information content (AvgIpc) is 2.72. The Hall–Kier alpha value is -1.27. The van der Waals surface area contributed by atoms with Gasteiger partial charge in [0.1, 0.15) is 17.7 Å². The molecule has 17 heavy (non-hydrogen) atoms. The maximum Gasteiger partial charge on any atom is 0.181 e. The number of imidazole rings is 1. The fourth-order valence-electron chi connectivity index (χ4n) is 1.57. The minimum Gasteiger partial charge on any atom is -0.335 e. The molecule has 1 aromatic carbocycles. The van der Waals surface area contributed by atoms with Gasteiger partial charge < -0.3 is 4.98 Å². The number of H-pyrrole nitrogens is 1. The van der Waals surface area contributed by atoms with Crippen LogP contribution in [0.5, 0.6) is 0 Å². The first-order chi connectivity index (χ1) is 8.24. The second-order valence-electron chi connectivity index (χ2n) is 3.47. The number of hydrogen-bond donors (Lipinski definition) is 1. The van der Waals surface area contributed by atoms with Gasteiger partial charge in [-0.25, -0.2) is 15.0 Å². The standard InChI is InChI=1S/C11H6Br2N4/c12-6-1-2-7(8(13)3-6)10-16-9-4-14-5-15-11(9)17-10/h1-5H,(H,14,15,16,17). The summed E-state index contributed by atoms with van der Waals surface area (Å²) in [6.07, 6.45) is 3.20. The van der Waals surface area contributed by atoms with E-state index in [-0.39, 0.29) is 0 Å². The van der Waals surface area contributed by atoms with E-state index in [2.05, 4.69) is 51.8 Å². The molecule has 0 amide bonds. The van der Waals surface area contributed by atoms with E-state index in [4.69, 9.17) is 0 Å². The van der Waals surface area contributed by atoms with Crippen LogP contribution in [0.25, 0.3) is 22.6 Å². The van der Waals surface area contributed by atoms with E-state index in [0.717, 1.165) is 25.8 Å². The van der Waals surface area contributed by atoms with E-state index in [1.54, 1.807) is 6.20 Å². The van der Waals surface area contributed by atoms with Crippen LogP contribution in [-0.4, -0.2) is 19.9 Å². The molecule has 6 heteroatoms. The molecular formula is C11H6Br2N4. The van der Waals surface area contributed by atoms with E-state index in [9.17, 15) is 0 Å². The Labute approximate surface area is 114 Å². The molecule has 0 saturated heterocycles. The Kier molecular flexibility index (Phi) is 2.68. The minimum atomic E-state index is 0.671. The monoisotopic (exact) mass is 352 g/mol. The van der Waals surface area contributed by atoms with Crippen molar-refractivity contribution in [3.8, 4) is 11.4 Å². The molecule has 0 aliphatic rings. The van der Waals surface area contributed by atoms with Gasteiger partial charge in [0, 0.05) is 14.5 Å². The lowest BCUT2D eigenvalue weighted by Crippen LogP contribution is -1.82. The van der Waals surface area contributed by atoms with Crippen LogP contribution < -0.4 is 0 Å². The smallest absolute Gasteiger partial charge is 0.181 e. The molecule has 0 spiro atoms. The van der Waals surface area contributed by atoms with Gasteiger partial charge in [-0.15, -0.1) is 0 Å². The third-order valence-corrected chi connectivity index (χ3v) is 3.50. The molecule has 0 bridgehead atoms. The van der Waals surface area contributed by atoms with E-state index in [0.29, 0.717) is 5.65 Å². The summed E-state index contributed by atoms with van der Waals surface area (Å²) in [4.78, 5) is 15.7. The predicted octanol–water partition coefficient (Wildman–Crippen LogP) is 3.54. The SMILES string of the molecule is Brc1ccc(-c2nc3ncncc3[nH]2)c(Br)c1. The van der Waals surface area contributed by atoms with Crippen LogP contribution in [0.2, 0.25) is 0 Å². The lowest BCUT2D eigenvalue weighted by Gasteiger charge is -2.00. The van der Waals surface area contributed by atoms with E-state index >= 15 is 0 Å². The highest BCUT2D eigenvalue weighted by Crippen LogP contribution is 2.29. The van der Waals surface area contributed by atoms with Crippen molar-refractivity contribution in [1.29, 1.82) is 0 Å². The predicted molar refractivity (Wildman–Crippen MR) is 72.5 cm³/mol. The van der Waals surface area contributed by atoms with Crippen molar-refractivity contribution in [2.45, 2.75) is 0 Å². The number of aromatic nitrogens is 4. The molecule has 0 aliphatic heterocycles. The van der Waals surface area contributed by atoms with Gasteiger partial charge in [0.05, 0.1) is 6.20 Å². The summed E-state index contributed by atoms with van der Waals surface area (Å²) in [6, 6.07) is 5.94. The van der Waals surface area contributed by atoms with Crippen LogP contribution in [0.15, 0.2) is 39.7 Å². The van der Waals surface area contributed by atoms with Crippen LogP contribution in [0.4, 0.5) is 0 Å². The van der Waals surface area contributed by atoms with Gasteiger partial charge in [0.2, 0.25) is 0 Å². The zero-order valence-corrected chi connectivity index (χ0v) is 11.7. The van der Waals surface area contributed by atoms with Crippen LogP contribution in [-0.2, 0) is 0 Å². The van der Waals surface area contributed by atoms with Gasteiger partial charge in [0.15, 0.2) is 5.65 Å².